The minimum atomic E-state index is -0.580. The van der Waals surface area contributed by atoms with Crippen LogP contribution in [0.5, 0.6) is 0 Å². The summed E-state index contributed by atoms with van der Waals surface area (Å²) in [6.07, 6.45) is 6.47. The summed E-state index contributed by atoms with van der Waals surface area (Å²) in [6.45, 7) is 1.81. The van der Waals surface area contributed by atoms with Gasteiger partial charge < -0.3 is 15.4 Å². The highest BCUT2D eigenvalue weighted by atomic mass is 16.3. The molecule has 3 rings (SSSR count). The normalized spacial score (nSPS) is 16.3. The van der Waals surface area contributed by atoms with Gasteiger partial charge in [0, 0.05) is 24.7 Å². The minimum absolute atomic E-state index is 0.0369. The highest BCUT2D eigenvalue weighted by Crippen LogP contribution is 2.39. The molecule has 146 valence electrons. The lowest BCUT2D eigenvalue weighted by atomic mass is 9.97. The number of aliphatic hydroxyl groups is 1. The molecule has 0 saturated heterocycles. The lowest BCUT2D eigenvalue weighted by Gasteiger charge is -2.21. The number of ketones is 1. The maximum atomic E-state index is 12.6. The van der Waals surface area contributed by atoms with Gasteiger partial charge in [0.2, 0.25) is 0 Å². The Morgan fingerprint density at radius 2 is 1.89 bits per heavy atom. The third-order valence-corrected chi connectivity index (χ3v) is 5.72. The number of aromatic nitrogens is 1. The van der Waals surface area contributed by atoms with Crippen LogP contribution in [0, 0.1) is 0 Å². The van der Waals surface area contributed by atoms with Crippen molar-refractivity contribution >= 4 is 5.78 Å². The molecule has 1 fully saturated rings. The number of hydrogen-bond acceptors (Lipinski definition) is 3. The molecule has 27 heavy (non-hydrogen) atoms. The highest BCUT2D eigenvalue weighted by Gasteiger charge is 2.23. The predicted molar refractivity (Wildman–Crippen MR) is 109 cm³/mol. The second-order valence-corrected chi connectivity index (χ2v) is 8.37. The van der Waals surface area contributed by atoms with Crippen molar-refractivity contribution in [3.05, 3.63) is 58.9 Å². The molecule has 1 aliphatic carbocycles. The van der Waals surface area contributed by atoms with Gasteiger partial charge in [-0.1, -0.05) is 24.3 Å². The fraction of sp³-hybridized carbons (Fsp3) is 0.522. The Balaban J connectivity index is 1.49. The molecule has 1 aromatic heterocycles. The van der Waals surface area contributed by atoms with Crippen LogP contribution in [0.25, 0.3) is 0 Å². The summed E-state index contributed by atoms with van der Waals surface area (Å²) in [5, 5.41) is 9.29. The summed E-state index contributed by atoms with van der Waals surface area (Å²) in [5.41, 5.74) is 10.0. The monoisotopic (exact) mass is 368 g/mol. The lowest BCUT2D eigenvalue weighted by Crippen LogP contribution is -2.40. The van der Waals surface area contributed by atoms with Crippen LogP contribution in [-0.2, 0) is 19.9 Å². The Labute approximate surface area is 162 Å². The van der Waals surface area contributed by atoms with Crippen molar-refractivity contribution in [3.63, 3.8) is 0 Å². The van der Waals surface area contributed by atoms with Gasteiger partial charge in [-0.2, -0.15) is 0 Å². The van der Waals surface area contributed by atoms with Gasteiger partial charge in [0.05, 0.1) is 12.3 Å². The Morgan fingerprint density at radius 3 is 2.52 bits per heavy atom. The number of carbonyl (C=O) groups is 1. The van der Waals surface area contributed by atoms with Crippen LogP contribution < -0.4 is 5.73 Å². The second-order valence-electron chi connectivity index (χ2n) is 8.37. The maximum Gasteiger partial charge on any atom is 0.179 e. The molecule has 4 nitrogen and oxygen atoms in total. The molecular formula is C23H32N2O2. The lowest BCUT2D eigenvalue weighted by molar-refractivity contribution is 0.0972. The quantitative estimate of drug-likeness (QED) is 0.628. The van der Waals surface area contributed by atoms with E-state index in [2.05, 4.69) is 24.3 Å². The van der Waals surface area contributed by atoms with Gasteiger partial charge >= 0.3 is 0 Å². The molecule has 4 heteroatoms. The smallest absolute Gasteiger partial charge is 0.179 e. The number of carbonyl (C=O) groups excluding carboxylic acids is 1. The number of nitrogens with zero attached hydrogens (tertiary/aromatic N) is 1. The van der Waals surface area contributed by atoms with Gasteiger partial charge in [-0.3, -0.25) is 4.79 Å². The van der Waals surface area contributed by atoms with Gasteiger partial charge in [0.15, 0.2) is 5.78 Å². The molecule has 1 unspecified atom stereocenters. The fourth-order valence-electron chi connectivity index (χ4n) is 3.53. The van der Waals surface area contributed by atoms with E-state index < -0.39 is 5.54 Å². The minimum Gasteiger partial charge on any atom is -0.394 e. The van der Waals surface area contributed by atoms with Crippen molar-refractivity contribution in [1.82, 2.24) is 4.57 Å². The summed E-state index contributed by atoms with van der Waals surface area (Å²) < 4.78 is 1.97. The largest absolute Gasteiger partial charge is 0.394 e. The Kier molecular flexibility index (Phi) is 6.18. The molecule has 1 saturated carbocycles. The highest BCUT2D eigenvalue weighted by molar-refractivity contribution is 5.94. The third-order valence-electron chi connectivity index (χ3n) is 5.72. The third kappa shape index (κ3) is 5.30. The molecule has 0 bridgehead atoms. The Bertz CT molecular complexity index is 770. The first kappa shape index (κ1) is 19.8. The average molecular weight is 369 g/mol. The van der Waals surface area contributed by atoms with Gasteiger partial charge in [-0.05, 0) is 74.6 Å². The van der Waals surface area contributed by atoms with Crippen LogP contribution >= 0.6 is 0 Å². The molecule has 1 heterocycles. The topological polar surface area (TPSA) is 68.2 Å². The summed E-state index contributed by atoms with van der Waals surface area (Å²) in [6, 6.07) is 12.8. The molecule has 2 aromatic rings. The van der Waals surface area contributed by atoms with Crippen LogP contribution in [0.15, 0.2) is 36.4 Å². The van der Waals surface area contributed by atoms with Crippen molar-refractivity contribution in [3.8, 4) is 0 Å². The van der Waals surface area contributed by atoms with E-state index in [0.29, 0.717) is 12.8 Å². The van der Waals surface area contributed by atoms with Crippen LogP contribution in [0.1, 0.15) is 72.3 Å². The number of aryl methyl sites for hydroxylation is 2. The molecule has 1 atom stereocenters. The van der Waals surface area contributed by atoms with E-state index in [1.165, 1.54) is 24.0 Å². The Morgan fingerprint density at radius 1 is 1.19 bits per heavy atom. The molecule has 0 aliphatic heterocycles. The molecular weight excluding hydrogens is 336 g/mol. The average Bonchev–Trinajstić information content (AvgIpc) is 3.44. The van der Waals surface area contributed by atoms with E-state index in [-0.39, 0.29) is 12.4 Å². The summed E-state index contributed by atoms with van der Waals surface area (Å²) in [7, 11) is 1.94. The molecule has 3 N–H and O–H groups in total. The first-order valence-corrected chi connectivity index (χ1v) is 10.1. The standard InChI is InChI=1S/C23H32N2O2/c1-23(24,16-26)15-14-20-12-13-21(25(20)2)22(27)5-3-4-17-6-8-18(9-7-17)19-10-11-19/h6-9,12-13,19,26H,3-5,10-11,14-16,24H2,1-2H3. The van der Waals surface area contributed by atoms with Gasteiger partial charge in [-0.15, -0.1) is 0 Å². The van der Waals surface area contributed by atoms with E-state index in [0.717, 1.165) is 36.6 Å². The van der Waals surface area contributed by atoms with E-state index in [1.54, 1.807) is 0 Å². The van der Waals surface area contributed by atoms with Crippen molar-refractivity contribution in [2.75, 3.05) is 6.61 Å². The zero-order valence-electron chi connectivity index (χ0n) is 16.6. The van der Waals surface area contributed by atoms with Gasteiger partial charge in [0.1, 0.15) is 0 Å². The maximum absolute atomic E-state index is 12.6. The Hall–Kier alpha value is -1.91. The fourth-order valence-corrected chi connectivity index (χ4v) is 3.53. The summed E-state index contributed by atoms with van der Waals surface area (Å²) in [4.78, 5) is 12.6. The van der Waals surface area contributed by atoms with Crippen molar-refractivity contribution in [2.24, 2.45) is 12.8 Å². The predicted octanol–water partition coefficient (Wildman–Crippen LogP) is 3.75. The second kappa shape index (κ2) is 8.41. The van der Waals surface area contributed by atoms with Crippen molar-refractivity contribution in [1.29, 1.82) is 0 Å². The number of hydrogen-bond donors (Lipinski definition) is 2. The van der Waals surface area contributed by atoms with Gasteiger partial charge in [-0.25, -0.2) is 0 Å². The molecule has 0 radical (unpaired) electrons. The van der Waals surface area contributed by atoms with Crippen molar-refractivity contribution in [2.45, 2.75) is 63.3 Å². The zero-order chi connectivity index (χ0) is 19.4. The number of Topliss-reactive ketones (excluding diaryl/α,β-unsaturated/α-hetero) is 1. The van der Waals surface area contributed by atoms with E-state index in [4.69, 9.17) is 5.73 Å². The van der Waals surface area contributed by atoms with E-state index in [9.17, 15) is 9.90 Å². The van der Waals surface area contributed by atoms with Crippen LogP contribution in [0.3, 0.4) is 0 Å². The molecule has 0 amide bonds. The molecule has 0 spiro atoms. The summed E-state index contributed by atoms with van der Waals surface area (Å²) in [5.74, 6) is 0.984. The first-order valence-electron chi connectivity index (χ1n) is 10.1. The molecule has 1 aliphatic rings. The van der Waals surface area contributed by atoms with Crippen molar-refractivity contribution < 1.29 is 9.90 Å². The van der Waals surface area contributed by atoms with E-state index >= 15 is 0 Å². The SMILES string of the molecule is Cn1c(CCC(C)(N)CO)ccc1C(=O)CCCc1ccc(C2CC2)cc1. The number of aliphatic hydroxyl groups excluding tert-OH is 1. The van der Waals surface area contributed by atoms with Crippen LogP contribution in [-0.4, -0.2) is 27.6 Å². The van der Waals surface area contributed by atoms with Crippen LogP contribution in [0.2, 0.25) is 0 Å². The van der Waals surface area contributed by atoms with Crippen LogP contribution in [0.4, 0.5) is 0 Å². The van der Waals surface area contributed by atoms with Gasteiger partial charge in [0.25, 0.3) is 0 Å². The summed E-state index contributed by atoms with van der Waals surface area (Å²) >= 11 is 0. The number of nitrogens with two attached hydrogens (primary N) is 1. The van der Waals surface area contributed by atoms with E-state index in [1.807, 2.05) is 30.7 Å². The first-order chi connectivity index (χ1) is 12.9. The number of rotatable bonds is 10. The molecule has 1 aromatic carbocycles. The number of benzene rings is 1. The zero-order valence-corrected chi connectivity index (χ0v) is 16.6.